The van der Waals surface area contributed by atoms with Crippen LogP contribution in [-0.4, -0.2) is 13.2 Å². The first kappa shape index (κ1) is 15.0. The summed E-state index contributed by atoms with van der Waals surface area (Å²) in [6.07, 6.45) is 1.83. The molecule has 21 heavy (non-hydrogen) atoms. The van der Waals surface area contributed by atoms with Gasteiger partial charge in [-0.3, -0.25) is 0 Å². The van der Waals surface area contributed by atoms with Gasteiger partial charge in [-0.15, -0.1) is 22.9 Å². The number of benzene rings is 1. The van der Waals surface area contributed by atoms with E-state index in [0.29, 0.717) is 24.0 Å². The maximum absolute atomic E-state index is 6.68. The minimum atomic E-state index is -0.260. The topological polar surface area (TPSA) is 18.5 Å². The van der Waals surface area contributed by atoms with Crippen LogP contribution in [0.3, 0.4) is 0 Å². The second-order valence-electron chi connectivity index (χ2n) is 4.90. The lowest BCUT2D eigenvalue weighted by atomic mass is 10.1. The summed E-state index contributed by atoms with van der Waals surface area (Å²) < 4.78 is 11.4. The van der Waals surface area contributed by atoms with E-state index in [2.05, 4.69) is 18.4 Å². The number of hydrogen-bond acceptors (Lipinski definition) is 3. The Kier molecular flexibility index (Phi) is 4.63. The number of halogens is 2. The van der Waals surface area contributed by atoms with Crippen LogP contribution in [0.4, 0.5) is 0 Å². The number of alkyl halides is 1. The first-order chi connectivity index (χ1) is 10.2. The van der Waals surface area contributed by atoms with Crippen LogP contribution in [0.5, 0.6) is 11.5 Å². The molecule has 0 saturated carbocycles. The van der Waals surface area contributed by atoms with Crippen molar-refractivity contribution in [2.45, 2.75) is 25.1 Å². The minimum absolute atomic E-state index is 0.260. The molecule has 5 heteroatoms. The van der Waals surface area contributed by atoms with Crippen molar-refractivity contribution in [1.82, 2.24) is 0 Å². The zero-order chi connectivity index (χ0) is 14.8. The van der Waals surface area contributed by atoms with Gasteiger partial charge in [-0.1, -0.05) is 18.5 Å². The van der Waals surface area contributed by atoms with E-state index in [9.17, 15) is 0 Å². The van der Waals surface area contributed by atoms with Crippen molar-refractivity contribution >= 4 is 34.5 Å². The van der Waals surface area contributed by atoms with E-state index in [1.807, 2.05) is 12.1 Å². The number of fused-ring (bicyclic) bond motifs is 1. The Labute approximate surface area is 138 Å². The van der Waals surface area contributed by atoms with E-state index in [4.69, 9.17) is 32.7 Å². The van der Waals surface area contributed by atoms with Gasteiger partial charge >= 0.3 is 0 Å². The third kappa shape index (κ3) is 3.01. The standard InChI is InChI=1S/C16H16Cl2O2S/c1-2-10-4-7-21-16(10)15(18)11-8-13-14(9-12(11)17)20-6-3-5-19-13/h4,7-9,15H,2-3,5-6H2,1H3. The Balaban J connectivity index is 2.00. The Hall–Kier alpha value is -0.900. The van der Waals surface area contributed by atoms with E-state index in [-0.39, 0.29) is 5.38 Å². The summed E-state index contributed by atoms with van der Waals surface area (Å²) in [7, 11) is 0. The Bertz CT molecular complexity index is 639. The molecule has 0 amide bonds. The van der Waals surface area contributed by atoms with Gasteiger partial charge in [0.1, 0.15) is 0 Å². The summed E-state index contributed by atoms with van der Waals surface area (Å²) in [4.78, 5) is 1.15. The van der Waals surface area contributed by atoms with E-state index in [1.165, 1.54) is 5.56 Å². The zero-order valence-electron chi connectivity index (χ0n) is 11.7. The SMILES string of the molecule is CCc1ccsc1C(Cl)c1cc2c(cc1Cl)OCCCO2. The van der Waals surface area contributed by atoms with Crippen LogP contribution >= 0.6 is 34.5 Å². The third-order valence-electron chi connectivity index (χ3n) is 3.53. The van der Waals surface area contributed by atoms with Crippen LogP contribution in [0.1, 0.15) is 34.7 Å². The summed E-state index contributed by atoms with van der Waals surface area (Å²) in [6, 6.07) is 5.85. The van der Waals surface area contributed by atoms with Gasteiger partial charge in [-0.25, -0.2) is 0 Å². The molecule has 0 bridgehead atoms. The number of thiophene rings is 1. The van der Waals surface area contributed by atoms with Crippen LogP contribution in [0.15, 0.2) is 23.6 Å². The smallest absolute Gasteiger partial charge is 0.162 e. The number of aryl methyl sites for hydroxylation is 1. The van der Waals surface area contributed by atoms with E-state index in [1.54, 1.807) is 11.3 Å². The molecule has 1 atom stereocenters. The molecule has 1 unspecified atom stereocenters. The van der Waals surface area contributed by atoms with Crippen LogP contribution in [0.25, 0.3) is 0 Å². The fraction of sp³-hybridized carbons (Fsp3) is 0.375. The minimum Gasteiger partial charge on any atom is -0.490 e. The lowest BCUT2D eigenvalue weighted by Gasteiger charge is -2.15. The van der Waals surface area contributed by atoms with Crippen LogP contribution in [-0.2, 0) is 6.42 Å². The highest BCUT2D eigenvalue weighted by Gasteiger charge is 2.22. The molecule has 0 radical (unpaired) electrons. The lowest BCUT2D eigenvalue weighted by Crippen LogP contribution is -1.98. The normalized spacial score (nSPS) is 15.6. The first-order valence-electron chi connectivity index (χ1n) is 7.00. The van der Waals surface area contributed by atoms with Gasteiger partial charge < -0.3 is 9.47 Å². The molecule has 0 saturated heterocycles. The van der Waals surface area contributed by atoms with Crippen molar-refractivity contribution in [2.24, 2.45) is 0 Å². The Morgan fingerprint density at radius 1 is 1.24 bits per heavy atom. The largest absolute Gasteiger partial charge is 0.490 e. The number of rotatable bonds is 3. The third-order valence-corrected chi connectivity index (χ3v) is 5.47. The first-order valence-corrected chi connectivity index (χ1v) is 8.69. The predicted octanol–water partition coefficient (Wildman–Crippen LogP) is 5.45. The van der Waals surface area contributed by atoms with Crippen molar-refractivity contribution < 1.29 is 9.47 Å². The van der Waals surface area contributed by atoms with Gasteiger partial charge in [-0.05, 0) is 35.1 Å². The van der Waals surface area contributed by atoms with Crippen LogP contribution in [0.2, 0.25) is 5.02 Å². The highest BCUT2D eigenvalue weighted by molar-refractivity contribution is 7.10. The van der Waals surface area contributed by atoms with Gasteiger partial charge in [0.15, 0.2) is 11.5 Å². The van der Waals surface area contributed by atoms with Gasteiger partial charge in [0.05, 0.1) is 18.6 Å². The Morgan fingerprint density at radius 3 is 2.67 bits per heavy atom. The zero-order valence-corrected chi connectivity index (χ0v) is 14.0. The lowest BCUT2D eigenvalue weighted by molar-refractivity contribution is 0.297. The summed E-state index contributed by atoms with van der Waals surface area (Å²) in [5.74, 6) is 1.43. The molecule has 2 nitrogen and oxygen atoms in total. The molecule has 0 spiro atoms. The second-order valence-corrected chi connectivity index (χ2v) is 6.69. The molecule has 3 rings (SSSR count). The van der Waals surface area contributed by atoms with Crippen molar-refractivity contribution in [3.8, 4) is 11.5 Å². The van der Waals surface area contributed by atoms with Crippen molar-refractivity contribution in [1.29, 1.82) is 0 Å². The number of ether oxygens (including phenoxy) is 2. The maximum Gasteiger partial charge on any atom is 0.162 e. The molecule has 112 valence electrons. The summed E-state index contributed by atoms with van der Waals surface area (Å²) in [5, 5.41) is 2.43. The fourth-order valence-electron chi connectivity index (χ4n) is 2.40. The molecule has 0 aliphatic carbocycles. The van der Waals surface area contributed by atoms with Gasteiger partial charge in [0.25, 0.3) is 0 Å². The molecule has 1 aromatic carbocycles. The molecule has 0 N–H and O–H groups in total. The molecular formula is C16H16Cl2O2S. The molecule has 1 aromatic heterocycles. The van der Waals surface area contributed by atoms with E-state index < -0.39 is 0 Å². The highest BCUT2D eigenvalue weighted by Crippen LogP contribution is 2.43. The fourth-order valence-corrected chi connectivity index (χ4v) is 4.18. The van der Waals surface area contributed by atoms with Crippen LogP contribution < -0.4 is 9.47 Å². The quantitative estimate of drug-likeness (QED) is 0.690. The Morgan fingerprint density at radius 2 is 1.95 bits per heavy atom. The predicted molar refractivity (Wildman–Crippen MR) is 88.5 cm³/mol. The van der Waals surface area contributed by atoms with Crippen LogP contribution in [0, 0.1) is 0 Å². The van der Waals surface area contributed by atoms with Crippen molar-refractivity contribution in [2.75, 3.05) is 13.2 Å². The van der Waals surface area contributed by atoms with E-state index in [0.717, 1.165) is 29.0 Å². The molecule has 1 aliphatic heterocycles. The molecule has 0 fully saturated rings. The molecule has 2 aromatic rings. The summed E-state index contributed by atoms with van der Waals surface area (Å²) in [6.45, 7) is 3.43. The van der Waals surface area contributed by atoms with E-state index >= 15 is 0 Å². The maximum atomic E-state index is 6.68. The monoisotopic (exact) mass is 342 g/mol. The van der Waals surface area contributed by atoms with Gasteiger partial charge in [0, 0.05) is 22.4 Å². The average molecular weight is 343 g/mol. The summed E-state index contributed by atoms with van der Waals surface area (Å²) in [5.41, 5.74) is 2.14. The molecule has 1 aliphatic rings. The average Bonchev–Trinajstić information content (AvgIpc) is 2.85. The molecular weight excluding hydrogens is 327 g/mol. The van der Waals surface area contributed by atoms with Gasteiger partial charge in [-0.2, -0.15) is 0 Å². The highest BCUT2D eigenvalue weighted by atomic mass is 35.5. The van der Waals surface area contributed by atoms with Crippen molar-refractivity contribution in [3.05, 3.63) is 44.6 Å². The van der Waals surface area contributed by atoms with Gasteiger partial charge in [0.2, 0.25) is 0 Å². The summed E-state index contributed by atoms with van der Waals surface area (Å²) >= 11 is 14.7. The molecule has 2 heterocycles. The second kappa shape index (κ2) is 6.47. The number of hydrogen-bond donors (Lipinski definition) is 0. The van der Waals surface area contributed by atoms with Crippen molar-refractivity contribution in [3.63, 3.8) is 0 Å².